The normalized spacial score (nSPS) is 11.7. The summed E-state index contributed by atoms with van der Waals surface area (Å²) >= 11 is 0. The van der Waals surface area contributed by atoms with Crippen molar-refractivity contribution in [3.8, 4) is 0 Å². The van der Waals surface area contributed by atoms with Gasteiger partial charge in [0.1, 0.15) is 17.5 Å². The van der Waals surface area contributed by atoms with Crippen molar-refractivity contribution in [2.75, 3.05) is 26.2 Å². The first-order chi connectivity index (χ1) is 21.8. The van der Waals surface area contributed by atoms with Crippen LogP contribution in [0, 0.1) is 17.5 Å². The molecule has 0 aliphatic carbocycles. The van der Waals surface area contributed by atoms with Crippen molar-refractivity contribution in [3.05, 3.63) is 107 Å². The summed E-state index contributed by atoms with van der Waals surface area (Å²) in [6.45, 7) is 15.0. The lowest BCUT2D eigenvalue weighted by molar-refractivity contribution is -0.929. The van der Waals surface area contributed by atoms with Crippen molar-refractivity contribution in [3.63, 3.8) is 0 Å². The fourth-order valence-corrected chi connectivity index (χ4v) is 6.41. The maximum atomic E-state index is 14.2. The first-order valence-corrected chi connectivity index (χ1v) is 17.2. The highest BCUT2D eigenvalue weighted by molar-refractivity contribution is 6.08. The molecule has 3 aromatic carbocycles. The summed E-state index contributed by atoms with van der Waals surface area (Å²) < 4.78 is 44.0. The molecule has 0 heterocycles. The number of hydrogen-bond acceptors (Lipinski definition) is 0. The van der Waals surface area contributed by atoms with Crippen molar-refractivity contribution < 1.29 is 17.7 Å². The maximum absolute atomic E-state index is 14.2. The van der Waals surface area contributed by atoms with Crippen LogP contribution in [-0.4, -0.2) is 38.5 Å². The highest BCUT2D eigenvalue weighted by Gasteiger charge is 2.36. The van der Waals surface area contributed by atoms with Gasteiger partial charge < -0.3 is 4.48 Å². The molecule has 1 nitrogen and oxygen atoms in total. The fourth-order valence-electron chi connectivity index (χ4n) is 6.41. The Bertz CT molecular complexity index is 1060. The number of benzene rings is 3. The summed E-state index contributed by atoms with van der Waals surface area (Å²) in [7, 11) is 0.396. The highest BCUT2D eigenvalue weighted by Crippen LogP contribution is 2.44. The van der Waals surface area contributed by atoms with Crippen LogP contribution >= 0.6 is 0 Å². The molecule has 5 heteroatoms. The zero-order valence-electron chi connectivity index (χ0n) is 28.0. The molecule has 0 aromatic heterocycles. The minimum absolute atomic E-state index is 0.348. The van der Waals surface area contributed by atoms with Gasteiger partial charge in [-0.15, -0.1) is 0 Å². The first kappa shape index (κ1) is 38.7. The molecule has 0 atom stereocenters. The van der Waals surface area contributed by atoms with E-state index in [0.29, 0.717) is 14.3 Å². The molecule has 0 fully saturated rings. The third-order valence-corrected chi connectivity index (χ3v) is 8.95. The van der Waals surface area contributed by atoms with Crippen LogP contribution in [0.15, 0.2) is 72.8 Å². The van der Waals surface area contributed by atoms with E-state index in [9.17, 15) is 13.2 Å². The van der Waals surface area contributed by atoms with E-state index in [-0.39, 0.29) is 17.5 Å². The lowest BCUT2D eigenvalue weighted by atomic mass is 9.66. The Morgan fingerprint density at radius 2 is 0.867 bits per heavy atom. The lowest BCUT2D eigenvalue weighted by Gasteiger charge is -2.39. The van der Waals surface area contributed by atoms with E-state index in [1.54, 1.807) is 18.2 Å². The van der Waals surface area contributed by atoms with Gasteiger partial charge in [-0.3, -0.25) is 0 Å². The molecule has 3 aromatic rings. The number of hydrogen-bond donors (Lipinski definition) is 0. The molecular weight excluding hydrogens is 562 g/mol. The summed E-state index contributed by atoms with van der Waals surface area (Å²) in [4.78, 5) is 0. The molecule has 0 spiro atoms. The fraction of sp³-hybridized carbons (Fsp3) is 0.550. The smallest absolute Gasteiger partial charge is 0.123 e. The van der Waals surface area contributed by atoms with E-state index in [0.717, 1.165) is 29.5 Å². The number of halogens is 3. The van der Waals surface area contributed by atoms with Gasteiger partial charge >= 0.3 is 0 Å². The Morgan fingerprint density at radius 1 is 0.511 bits per heavy atom. The Balaban J connectivity index is 0.000000358. The van der Waals surface area contributed by atoms with Crippen LogP contribution < -0.4 is 0 Å². The van der Waals surface area contributed by atoms with E-state index in [1.165, 1.54) is 131 Å². The van der Waals surface area contributed by atoms with Gasteiger partial charge in [-0.2, -0.15) is 6.32 Å². The molecule has 250 valence electrons. The van der Waals surface area contributed by atoms with Gasteiger partial charge in [0.25, 0.3) is 0 Å². The summed E-state index contributed by atoms with van der Waals surface area (Å²) in [5.41, 5.74) is 1.37. The van der Waals surface area contributed by atoms with Gasteiger partial charge in [-0.1, -0.05) is 109 Å². The van der Waals surface area contributed by atoms with E-state index in [4.69, 9.17) is 0 Å². The van der Waals surface area contributed by atoms with Crippen LogP contribution in [0.2, 0.25) is 6.32 Å². The molecule has 3 rings (SSSR count). The highest BCUT2D eigenvalue weighted by atomic mass is 19.1. The first-order valence-electron chi connectivity index (χ1n) is 17.2. The molecule has 0 unspecified atom stereocenters. The third-order valence-electron chi connectivity index (χ3n) is 8.95. The van der Waals surface area contributed by atoms with Crippen LogP contribution in [0.4, 0.5) is 13.2 Å². The SMILES string of the molecule is CCCC[N+](CCCC)(CCCC)CCCC.[BH3-]CCCCCC(c1cccc(F)c1)(c1cccc(F)c1)c1cccc(F)c1. The van der Waals surface area contributed by atoms with Gasteiger partial charge in [0.15, 0.2) is 0 Å². The Morgan fingerprint density at radius 3 is 1.16 bits per heavy atom. The zero-order chi connectivity index (χ0) is 33.0. The van der Waals surface area contributed by atoms with Crippen molar-refractivity contribution in [2.45, 2.75) is 116 Å². The maximum Gasteiger partial charge on any atom is 0.123 e. The standard InChI is InChI=1S/C24H25BF3.C16H36N/c25-14-3-1-2-13-24(18-7-4-10-21(26)15-18,19-8-5-11-22(27)16-19)20-9-6-12-23(28)17-20;1-5-9-13-17(14-10-6-2,15-11-7-3)16-12-8-4/h4-12,15-17H,1-3,13-14H2,25H3;5-16H2,1-4H3/q-1;+1. The molecule has 0 amide bonds. The molecule has 0 N–H and O–H groups in total. The van der Waals surface area contributed by atoms with Gasteiger partial charge in [-0.25, -0.2) is 13.2 Å². The number of unbranched alkanes of at least 4 members (excludes halogenated alkanes) is 6. The molecule has 45 heavy (non-hydrogen) atoms. The van der Waals surface area contributed by atoms with Crippen LogP contribution in [0.1, 0.15) is 121 Å². The Hall–Kier alpha value is -2.53. The molecule has 0 saturated heterocycles. The number of nitrogens with zero attached hydrogens (tertiary/aromatic N) is 1. The van der Waals surface area contributed by atoms with Crippen molar-refractivity contribution in [2.24, 2.45) is 0 Å². The van der Waals surface area contributed by atoms with Gasteiger partial charge in [0.05, 0.1) is 26.2 Å². The monoisotopic (exact) mass is 623 g/mol. The predicted octanol–water partition coefficient (Wildman–Crippen LogP) is 10.8. The molecule has 0 saturated carbocycles. The van der Waals surface area contributed by atoms with Crippen molar-refractivity contribution >= 4 is 7.85 Å². The van der Waals surface area contributed by atoms with E-state index in [1.807, 2.05) is 18.2 Å². The van der Waals surface area contributed by atoms with Crippen LogP contribution in [0.3, 0.4) is 0 Å². The average Bonchev–Trinajstić information content (AvgIpc) is 3.04. The predicted molar refractivity (Wildman–Crippen MR) is 192 cm³/mol. The number of quaternary nitrogens is 1. The lowest BCUT2D eigenvalue weighted by Crippen LogP contribution is -2.50. The van der Waals surface area contributed by atoms with Gasteiger partial charge in [0.2, 0.25) is 0 Å². The van der Waals surface area contributed by atoms with Crippen molar-refractivity contribution in [1.29, 1.82) is 0 Å². The second kappa shape index (κ2) is 21.3. The second-order valence-corrected chi connectivity index (χ2v) is 12.4. The summed E-state index contributed by atoms with van der Waals surface area (Å²) in [6.07, 6.45) is 16.3. The molecule has 0 radical (unpaired) electrons. The molecule has 0 bridgehead atoms. The van der Waals surface area contributed by atoms with E-state index in [2.05, 4.69) is 27.7 Å². The molecular formula is C40H61BF3N. The van der Waals surface area contributed by atoms with E-state index >= 15 is 0 Å². The van der Waals surface area contributed by atoms with E-state index < -0.39 is 5.41 Å². The van der Waals surface area contributed by atoms with Crippen molar-refractivity contribution in [1.82, 2.24) is 0 Å². The Kier molecular flexibility index (Phi) is 18.3. The van der Waals surface area contributed by atoms with Crippen LogP contribution in [-0.2, 0) is 5.41 Å². The largest absolute Gasteiger partial charge is 0.324 e. The Labute approximate surface area is 274 Å². The summed E-state index contributed by atoms with van der Waals surface area (Å²) in [5.74, 6) is -1.04. The van der Waals surface area contributed by atoms with Crippen LogP contribution in [0.5, 0.6) is 0 Å². The zero-order valence-corrected chi connectivity index (χ0v) is 28.0. The molecule has 0 aliphatic heterocycles. The van der Waals surface area contributed by atoms with Gasteiger partial charge in [-0.05, 0) is 93.0 Å². The van der Waals surface area contributed by atoms with Crippen LogP contribution in [0.25, 0.3) is 0 Å². The second-order valence-electron chi connectivity index (χ2n) is 12.4. The molecule has 0 aliphatic rings. The third kappa shape index (κ3) is 12.3. The van der Waals surface area contributed by atoms with Gasteiger partial charge in [0, 0.05) is 5.41 Å². The summed E-state index contributed by atoms with van der Waals surface area (Å²) in [5, 5.41) is 0. The topological polar surface area (TPSA) is 0 Å². The summed E-state index contributed by atoms with van der Waals surface area (Å²) in [6, 6.07) is 19.3. The average molecular weight is 624 g/mol. The quantitative estimate of drug-likeness (QED) is 0.0508. The minimum atomic E-state index is -0.799. The number of rotatable bonds is 20. The minimum Gasteiger partial charge on any atom is -0.324 e.